The summed E-state index contributed by atoms with van der Waals surface area (Å²) in [6.45, 7) is 3.16. The van der Waals surface area contributed by atoms with Gasteiger partial charge in [-0.1, -0.05) is 22.0 Å². The number of carbonyl (C=O) groups is 1. The Morgan fingerprint density at radius 3 is 2.56 bits per heavy atom. The van der Waals surface area contributed by atoms with Crippen molar-refractivity contribution in [3.05, 3.63) is 28.2 Å². The molecule has 18 heavy (non-hydrogen) atoms. The van der Waals surface area contributed by atoms with Crippen LogP contribution in [0.1, 0.15) is 12.5 Å². The Bertz CT molecular complexity index is 556. The van der Waals surface area contributed by atoms with Gasteiger partial charge in [0.05, 0.1) is 7.11 Å². The lowest BCUT2D eigenvalue weighted by molar-refractivity contribution is -0.139. The van der Waals surface area contributed by atoms with Crippen LogP contribution in [0.4, 0.5) is 5.69 Å². The molecule has 1 unspecified atom stereocenters. The Morgan fingerprint density at radius 2 is 2.06 bits per heavy atom. The van der Waals surface area contributed by atoms with Gasteiger partial charge in [0.1, 0.15) is 0 Å². The topological polar surface area (TPSA) is 72.5 Å². The van der Waals surface area contributed by atoms with Crippen molar-refractivity contribution in [1.29, 1.82) is 0 Å². The Balaban J connectivity index is 2.95. The van der Waals surface area contributed by atoms with E-state index in [4.69, 9.17) is 0 Å². The fourth-order valence-electron chi connectivity index (χ4n) is 1.20. The maximum atomic E-state index is 11.9. The molecular formula is C11H14BrNO4S. The minimum absolute atomic E-state index is 0.392. The van der Waals surface area contributed by atoms with E-state index in [-0.39, 0.29) is 0 Å². The van der Waals surface area contributed by atoms with Crippen LogP contribution in [0.2, 0.25) is 0 Å². The maximum Gasteiger partial charge on any atom is 0.325 e. The van der Waals surface area contributed by atoms with Gasteiger partial charge in [-0.05, 0) is 31.5 Å². The fourth-order valence-corrected chi connectivity index (χ4v) is 2.56. The number of ether oxygens (including phenoxy) is 1. The zero-order chi connectivity index (χ0) is 13.9. The lowest BCUT2D eigenvalue weighted by Gasteiger charge is -2.13. The van der Waals surface area contributed by atoms with Crippen molar-refractivity contribution in [2.24, 2.45) is 0 Å². The summed E-state index contributed by atoms with van der Waals surface area (Å²) in [5.41, 5.74) is 1.38. The van der Waals surface area contributed by atoms with Crippen LogP contribution in [-0.2, 0) is 19.6 Å². The first kappa shape index (κ1) is 15.0. The first-order chi connectivity index (χ1) is 8.27. The van der Waals surface area contributed by atoms with Crippen LogP contribution >= 0.6 is 15.9 Å². The second-order valence-corrected chi connectivity index (χ2v) is 6.63. The number of nitrogens with one attached hydrogen (secondary N) is 1. The number of hydrogen-bond donors (Lipinski definition) is 1. The highest BCUT2D eigenvalue weighted by Gasteiger charge is 2.28. The third-order valence-corrected chi connectivity index (χ3v) is 4.93. The molecule has 0 spiro atoms. The van der Waals surface area contributed by atoms with Gasteiger partial charge >= 0.3 is 5.97 Å². The SMILES string of the molecule is COC(=O)C(C)S(=O)(=O)Nc1ccc(C)c(Br)c1. The fraction of sp³-hybridized carbons (Fsp3) is 0.364. The van der Waals surface area contributed by atoms with E-state index >= 15 is 0 Å². The Hall–Kier alpha value is -1.08. The molecule has 0 saturated carbocycles. The molecule has 0 aliphatic carbocycles. The van der Waals surface area contributed by atoms with Crippen molar-refractivity contribution in [3.8, 4) is 0 Å². The molecule has 0 aliphatic heterocycles. The van der Waals surface area contributed by atoms with Crippen molar-refractivity contribution < 1.29 is 17.9 Å². The molecule has 0 heterocycles. The lowest BCUT2D eigenvalue weighted by atomic mass is 10.2. The van der Waals surface area contributed by atoms with Gasteiger partial charge in [0, 0.05) is 10.2 Å². The van der Waals surface area contributed by atoms with Gasteiger partial charge in [-0.25, -0.2) is 8.42 Å². The molecule has 0 saturated heterocycles. The van der Waals surface area contributed by atoms with E-state index in [2.05, 4.69) is 25.4 Å². The molecule has 100 valence electrons. The van der Waals surface area contributed by atoms with E-state index in [9.17, 15) is 13.2 Å². The molecule has 0 fully saturated rings. The summed E-state index contributed by atoms with van der Waals surface area (Å²) in [5, 5.41) is -1.26. The highest BCUT2D eigenvalue weighted by molar-refractivity contribution is 9.10. The smallest absolute Gasteiger partial charge is 0.325 e. The van der Waals surface area contributed by atoms with Crippen LogP contribution in [0.25, 0.3) is 0 Å². The van der Waals surface area contributed by atoms with E-state index in [1.54, 1.807) is 18.2 Å². The number of benzene rings is 1. The molecule has 0 bridgehead atoms. The summed E-state index contributed by atoms with van der Waals surface area (Å²) in [5.74, 6) is -0.798. The van der Waals surface area contributed by atoms with Gasteiger partial charge in [-0.15, -0.1) is 0 Å². The predicted octanol–water partition coefficient (Wildman–Crippen LogP) is 2.06. The molecule has 0 aromatic heterocycles. The zero-order valence-electron chi connectivity index (χ0n) is 10.2. The Labute approximate surface area is 115 Å². The van der Waals surface area contributed by atoms with Gasteiger partial charge in [-0.2, -0.15) is 0 Å². The Morgan fingerprint density at radius 1 is 1.44 bits per heavy atom. The largest absolute Gasteiger partial charge is 0.468 e. The van der Waals surface area contributed by atoms with E-state index in [0.717, 1.165) is 17.1 Å². The average molecular weight is 336 g/mol. The number of aryl methyl sites for hydroxylation is 1. The van der Waals surface area contributed by atoms with Gasteiger partial charge in [-0.3, -0.25) is 9.52 Å². The molecule has 1 rings (SSSR count). The molecule has 0 radical (unpaired) electrons. The molecule has 1 aromatic carbocycles. The second kappa shape index (κ2) is 5.71. The third kappa shape index (κ3) is 3.46. The first-order valence-electron chi connectivity index (χ1n) is 5.13. The number of sulfonamides is 1. The standard InChI is InChI=1S/C11H14BrNO4S/c1-7-4-5-9(6-10(7)12)13-18(15,16)8(2)11(14)17-3/h4-6,8,13H,1-3H3. The number of halogens is 1. The highest BCUT2D eigenvalue weighted by Crippen LogP contribution is 2.22. The van der Waals surface area contributed by atoms with Crippen molar-refractivity contribution in [1.82, 2.24) is 0 Å². The molecule has 7 heteroatoms. The zero-order valence-corrected chi connectivity index (χ0v) is 12.6. The summed E-state index contributed by atoms with van der Waals surface area (Å²) in [6, 6.07) is 5.03. The number of hydrogen-bond acceptors (Lipinski definition) is 4. The molecule has 1 aromatic rings. The van der Waals surface area contributed by atoms with Crippen molar-refractivity contribution >= 4 is 37.6 Å². The minimum Gasteiger partial charge on any atom is -0.468 e. The predicted molar refractivity (Wildman–Crippen MR) is 72.9 cm³/mol. The van der Waals surface area contributed by atoms with Crippen LogP contribution in [0.3, 0.4) is 0 Å². The summed E-state index contributed by atoms with van der Waals surface area (Å²) in [7, 11) is -2.65. The quantitative estimate of drug-likeness (QED) is 0.855. The van der Waals surface area contributed by atoms with Crippen molar-refractivity contribution in [3.63, 3.8) is 0 Å². The number of esters is 1. The van der Waals surface area contributed by atoms with Crippen LogP contribution in [0, 0.1) is 6.92 Å². The summed E-state index contributed by atoms with van der Waals surface area (Å²) < 4.78 is 31.3. The maximum absolute atomic E-state index is 11.9. The van der Waals surface area contributed by atoms with Crippen molar-refractivity contribution in [2.75, 3.05) is 11.8 Å². The molecule has 0 aliphatic rings. The highest BCUT2D eigenvalue weighted by atomic mass is 79.9. The van der Waals surface area contributed by atoms with E-state index in [0.29, 0.717) is 5.69 Å². The summed E-state index contributed by atoms with van der Waals surface area (Å²) in [6.07, 6.45) is 0. The molecule has 0 amide bonds. The normalized spacial score (nSPS) is 12.9. The van der Waals surface area contributed by atoms with E-state index in [1.165, 1.54) is 6.92 Å². The van der Waals surface area contributed by atoms with Gasteiger partial charge in [0.15, 0.2) is 5.25 Å². The number of methoxy groups -OCH3 is 1. The van der Waals surface area contributed by atoms with Crippen LogP contribution in [0.5, 0.6) is 0 Å². The van der Waals surface area contributed by atoms with Crippen LogP contribution in [-0.4, -0.2) is 26.7 Å². The summed E-state index contributed by atoms with van der Waals surface area (Å²) >= 11 is 3.31. The molecular weight excluding hydrogens is 322 g/mol. The van der Waals surface area contributed by atoms with Gasteiger partial charge < -0.3 is 4.74 Å². The number of anilines is 1. The van der Waals surface area contributed by atoms with Gasteiger partial charge in [0.2, 0.25) is 10.0 Å². The van der Waals surface area contributed by atoms with E-state index < -0.39 is 21.2 Å². The minimum atomic E-state index is -3.80. The first-order valence-corrected chi connectivity index (χ1v) is 7.47. The van der Waals surface area contributed by atoms with E-state index in [1.807, 2.05) is 6.92 Å². The Kier molecular flexibility index (Phi) is 4.75. The number of rotatable bonds is 4. The van der Waals surface area contributed by atoms with Crippen LogP contribution < -0.4 is 4.72 Å². The summed E-state index contributed by atoms with van der Waals surface area (Å²) in [4.78, 5) is 11.2. The van der Waals surface area contributed by atoms with Gasteiger partial charge in [0.25, 0.3) is 0 Å². The molecule has 1 N–H and O–H groups in total. The second-order valence-electron chi connectivity index (χ2n) is 3.78. The number of carbonyl (C=O) groups excluding carboxylic acids is 1. The average Bonchev–Trinajstić information content (AvgIpc) is 2.31. The monoisotopic (exact) mass is 335 g/mol. The lowest BCUT2D eigenvalue weighted by Crippen LogP contribution is -2.33. The third-order valence-electron chi connectivity index (χ3n) is 2.43. The van der Waals surface area contributed by atoms with Crippen molar-refractivity contribution in [2.45, 2.75) is 19.1 Å². The molecule has 1 atom stereocenters. The molecule has 5 nitrogen and oxygen atoms in total. The van der Waals surface area contributed by atoms with Crippen LogP contribution in [0.15, 0.2) is 22.7 Å².